The molecule has 0 saturated heterocycles. The number of nitrogens with zero attached hydrogens (tertiary/aromatic N) is 1. The highest BCUT2D eigenvalue weighted by Crippen LogP contribution is 2.36. The largest absolute Gasteiger partial charge is 0.497 e. The van der Waals surface area contributed by atoms with Crippen LogP contribution in [0.2, 0.25) is 0 Å². The summed E-state index contributed by atoms with van der Waals surface area (Å²) in [6.07, 6.45) is 0.0824. The Kier molecular flexibility index (Phi) is 6.25. The molecule has 1 unspecified atom stereocenters. The third-order valence-corrected chi connectivity index (χ3v) is 4.32. The summed E-state index contributed by atoms with van der Waals surface area (Å²) >= 11 is 0. The fourth-order valence-electron chi connectivity index (χ4n) is 2.88. The summed E-state index contributed by atoms with van der Waals surface area (Å²) in [7, 11) is 5.10. The van der Waals surface area contributed by atoms with E-state index in [4.69, 9.17) is 14.7 Å². The van der Waals surface area contributed by atoms with Crippen LogP contribution in [0.1, 0.15) is 23.6 Å². The zero-order valence-electron chi connectivity index (χ0n) is 14.9. The molecule has 0 radical (unpaired) electrons. The molecule has 0 aliphatic heterocycles. The molecule has 1 atom stereocenters. The molecule has 2 aromatic carbocycles. The molecule has 0 bridgehead atoms. The summed E-state index contributed by atoms with van der Waals surface area (Å²) in [5.41, 5.74) is 4.49. The first-order valence-electron chi connectivity index (χ1n) is 7.95. The monoisotopic (exact) mass is 344 g/mol. The van der Waals surface area contributed by atoms with Gasteiger partial charge in [-0.3, -0.25) is 10.0 Å². The van der Waals surface area contributed by atoms with Crippen molar-refractivity contribution < 1.29 is 19.5 Å². The molecule has 6 heteroatoms. The van der Waals surface area contributed by atoms with E-state index in [1.165, 1.54) is 0 Å². The van der Waals surface area contributed by atoms with Gasteiger partial charge in [0.2, 0.25) is 5.91 Å². The molecule has 0 aliphatic carbocycles. The number of ether oxygens (including phenoxy) is 2. The second-order valence-electron chi connectivity index (χ2n) is 5.75. The van der Waals surface area contributed by atoms with Crippen molar-refractivity contribution in [1.29, 1.82) is 0 Å². The van der Waals surface area contributed by atoms with E-state index >= 15 is 0 Å². The maximum atomic E-state index is 11.9. The predicted molar refractivity (Wildman–Crippen MR) is 96.4 cm³/mol. The lowest BCUT2D eigenvalue weighted by Crippen LogP contribution is -2.31. The van der Waals surface area contributed by atoms with Crippen LogP contribution >= 0.6 is 0 Å². The molecule has 6 nitrogen and oxygen atoms in total. The van der Waals surface area contributed by atoms with Crippen molar-refractivity contribution in [1.82, 2.24) is 5.48 Å². The number of hydrogen-bond acceptors (Lipinski definition) is 5. The maximum absolute atomic E-state index is 11.9. The Hall–Kier alpha value is -2.73. The number of carbonyl (C=O) groups excluding carboxylic acids is 1. The number of carbonyl (C=O) groups is 1. The fraction of sp³-hybridized carbons (Fsp3) is 0.316. The number of methoxy groups -OCH3 is 2. The van der Waals surface area contributed by atoms with E-state index in [0.717, 1.165) is 16.8 Å². The van der Waals surface area contributed by atoms with Crippen molar-refractivity contribution in [2.75, 3.05) is 26.2 Å². The highest BCUT2D eigenvalue weighted by molar-refractivity contribution is 5.76. The molecular formula is C19H24N2O4. The van der Waals surface area contributed by atoms with Crippen molar-refractivity contribution in [3.8, 4) is 11.5 Å². The summed E-state index contributed by atoms with van der Waals surface area (Å²) in [5, 5.41) is 8.99. The lowest BCUT2D eigenvalue weighted by Gasteiger charge is -2.31. The average molecular weight is 344 g/mol. The van der Waals surface area contributed by atoms with E-state index < -0.39 is 5.91 Å². The Balaban J connectivity index is 2.54. The molecule has 0 saturated carbocycles. The Bertz CT molecular complexity index is 719. The predicted octanol–water partition coefficient (Wildman–Crippen LogP) is 3.09. The SMILES string of the molecule is COc1cc(OC)c(C)c(C(CC(=O)NO)N(C)c2ccccc2)c1. The van der Waals surface area contributed by atoms with Crippen LogP contribution in [0.3, 0.4) is 0 Å². The summed E-state index contributed by atoms with van der Waals surface area (Å²) in [4.78, 5) is 13.9. The Morgan fingerprint density at radius 1 is 1.20 bits per heavy atom. The van der Waals surface area contributed by atoms with Gasteiger partial charge in [0.25, 0.3) is 0 Å². The van der Waals surface area contributed by atoms with Gasteiger partial charge in [-0.2, -0.15) is 0 Å². The zero-order valence-corrected chi connectivity index (χ0v) is 14.9. The van der Waals surface area contributed by atoms with E-state index in [2.05, 4.69) is 0 Å². The standard InChI is InChI=1S/C19H24N2O4/c1-13-16(10-15(24-3)11-18(13)25-4)17(12-19(22)20-23)21(2)14-8-6-5-7-9-14/h5-11,17,23H,12H2,1-4H3,(H,20,22). The first-order valence-corrected chi connectivity index (χ1v) is 7.95. The number of benzene rings is 2. The van der Waals surface area contributed by atoms with Gasteiger partial charge in [-0.1, -0.05) is 18.2 Å². The minimum atomic E-state index is -0.464. The van der Waals surface area contributed by atoms with Crippen LogP contribution in [0.15, 0.2) is 42.5 Å². The zero-order chi connectivity index (χ0) is 18.4. The molecule has 2 rings (SSSR count). The highest BCUT2D eigenvalue weighted by atomic mass is 16.5. The first-order chi connectivity index (χ1) is 12.0. The maximum Gasteiger partial charge on any atom is 0.245 e. The van der Waals surface area contributed by atoms with Crippen molar-refractivity contribution in [3.63, 3.8) is 0 Å². The van der Waals surface area contributed by atoms with E-state index in [9.17, 15) is 4.79 Å². The lowest BCUT2D eigenvalue weighted by molar-refractivity contribution is -0.129. The van der Waals surface area contributed by atoms with Gasteiger partial charge in [0.05, 0.1) is 26.7 Å². The second-order valence-corrected chi connectivity index (χ2v) is 5.75. The van der Waals surface area contributed by atoms with Crippen LogP contribution in [0.5, 0.6) is 11.5 Å². The topological polar surface area (TPSA) is 71.0 Å². The number of para-hydroxylation sites is 1. The van der Waals surface area contributed by atoms with Crippen LogP contribution in [-0.4, -0.2) is 32.4 Å². The van der Waals surface area contributed by atoms with Gasteiger partial charge in [-0.25, -0.2) is 5.48 Å². The minimum Gasteiger partial charge on any atom is -0.497 e. The number of hydrogen-bond donors (Lipinski definition) is 2. The minimum absolute atomic E-state index is 0.0824. The molecule has 1 amide bonds. The van der Waals surface area contributed by atoms with E-state index in [0.29, 0.717) is 11.5 Å². The van der Waals surface area contributed by atoms with Crippen LogP contribution in [-0.2, 0) is 4.79 Å². The van der Waals surface area contributed by atoms with E-state index in [1.54, 1.807) is 19.7 Å². The third kappa shape index (κ3) is 4.22. The fourth-order valence-corrected chi connectivity index (χ4v) is 2.88. The molecule has 0 aliphatic rings. The quantitative estimate of drug-likeness (QED) is 0.597. The summed E-state index contributed by atoms with van der Waals surface area (Å²) < 4.78 is 10.8. The molecule has 0 spiro atoms. The van der Waals surface area contributed by atoms with Crippen LogP contribution in [0.4, 0.5) is 5.69 Å². The molecule has 25 heavy (non-hydrogen) atoms. The summed E-state index contributed by atoms with van der Waals surface area (Å²) in [6, 6.07) is 13.2. The van der Waals surface area contributed by atoms with E-state index in [-0.39, 0.29) is 12.5 Å². The van der Waals surface area contributed by atoms with Crippen molar-refractivity contribution in [3.05, 3.63) is 53.6 Å². The molecule has 2 N–H and O–H groups in total. The molecule has 0 heterocycles. The van der Waals surface area contributed by atoms with Gasteiger partial charge in [-0.05, 0) is 36.2 Å². The normalized spacial score (nSPS) is 11.6. The van der Waals surface area contributed by atoms with Gasteiger partial charge >= 0.3 is 0 Å². The van der Waals surface area contributed by atoms with Crippen LogP contribution in [0, 0.1) is 6.92 Å². The summed E-state index contributed by atoms with van der Waals surface area (Å²) in [5.74, 6) is 0.868. The van der Waals surface area contributed by atoms with Gasteiger partial charge in [0, 0.05) is 18.8 Å². The number of nitrogens with one attached hydrogen (secondary N) is 1. The Morgan fingerprint density at radius 3 is 2.44 bits per heavy atom. The highest BCUT2D eigenvalue weighted by Gasteiger charge is 2.25. The molecular weight excluding hydrogens is 320 g/mol. The Morgan fingerprint density at radius 2 is 1.88 bits per heavy atom. The van der Waals surface area contributed by atoms with Gasteiger partial charge in [0.15, 0.2) is 0 Å². The molecule has 134 valence electrons. The van der Waals surface area contributed by atoms with Crippen LogP contribution in [0.25, 0.3) is 0 Å². The third-order valence-electron chi connectivity index (χ3n) is 4.32. The van der Waals surface area contributed by atoms with Gasteiger partial charge in [-0.15, -0.1) is 0 Å². The van der Waals surface area contributed by atoms with E-state index in [1.807, 2.05) is 61.3 Å². The molecule has 0 aromatic heterocycles. The Labute approximate surface area is 147 Å². The van der Waals surface area contributed by atoms with Gasteiger partial charge in [0.1, 0.15) is 11.5 Å². The van der Waals surface area contributed by atoms with Crippen LogP contribution < -0.4 is 19.9 Å². The first kappa shape index (κ1) is 18.6. The second kappa shape index (κ2) is 8.39. The van der Waals surface area contributed by atoms with Crippen molar-refractivity contribution in [2.24, 2.45) is 0 Å². The average Bonchev–Trinajstić information content (AvgIpc) is 2.66. The number of hydroxylamine groups is 1. The number of amides is 1. The molecule has 2 aromatic rings. The number of rotatable bonds is 7. The number of anilines is 1. The lowest BCUT2D eigenvalue weighted by atomic mass is 9.95. The van der Waals surface area contributed by atoms with Crippen molar-refractivity contribution in [2.45, 2.75) is 19.4 Å². The smallest absolute Gasteiger partial charge is 0.245 e. The molecule has 0 fully saturated rings. The van der Waals surface area contributed by atoms with Crippen molar-refractivity contribution >= 4 is 11.6 Å². The van der Waals surface area contributed by atoms with Gasteiger partial charge < -0.3 is 14.4 Å². The summed E-state index contributed by atoms with van der Waals surface area (Å²) in [6.45, 7) is 1.94.